The number of halogens is 1. The Labute approximate surface area is 167 Å². The Morgan fingerprint density at radius 3 is 2.43 bits per heavy atom. The largest absolute Gasteiger partial charge is 0.462 e. The summed E-state index contributed by atoms with van der Waals surface area (Å²) in [6.45, 7) is 3.64. The van der Waals surface area contributed by atoms with Crippen molar-refractivity contribution in [2.24, 2.45) is 0 Å². The molecule has 2 aromatic rings. The predicted octanol–water partition coefficient (Wildman–Crippen LogP) is 3.80. The van der Waals surface area contributed by atoms with Gasteiger partial charge in [-0.15, -0.1) is 11.3 Å². The normalized spacial score (nSPS) is 11.3. The lowest BCUT2D eigenvalue weighted by Crippen LogP contribution is -2.15. The van der Waals surface area contributed by atoms with E-state index in [-0.39, 0.29) is 36.7 Å². The SMILES string of the molecule is CCOC(=O)c1c(NC(=O)CCCS(C)(=O)=O)sc(C)c1-c1ccc(F)cc1. The number of hydrogen-bond acceptors (Lipinski definition) is 6. The standard InChI is InChI=1S/C19H22FNO5S2/c1-4-26-19(23)17-16(13-7-9-14(20)10-8-13)12(2)27-18(17)21-15(22)6-5-11-28(3,24)25/h7-10H,4-6,11H2,1-3H3,(H,21,22). The summed E-state index contributed by atoms with van der Waals surface area (Å²) in [6.07, 6.45) is 1.31. The summed E-state index contributed by atoms with van der Waals surface area (Å²) < 4.78 is 40.8. The van der Waals surface area contributed by atoms with Gasteiger partial charge in [-0.3, -0.25) is 4.79 Å². The van der Waals surface area contributed by atoms with Crippen LogP contribution in [0.5, 0.6) is 0 Å². The highest BCUT2D eigenvalue weighted by Gasteiger charge is 2.25. The van der Waals surface area contributed by atoms with Gasteiger partial charge in [-0.1, -0.05) is 12.1 Å². The van der Waals surface area contributed by atoms with Crippen molar-refractivity contribution in [2.75, 3.05) is 23.9 Å². The lowest BCUT2D eigenvalue weighted by Gasteiger charge is -2.09. The Balaban J connectivity index is 2.33. The van der Waals surface area contributed by atoms with Crippen LogP contribution >= 0.6 is 11.3 Å². The maximum Gasteiger partial charge on any atom is 0.341 e. The van der Waals surface area contributed by atoms with Crippen LogP contribution in [0.1, 0.15) is 35.0 Å². The molecular formula is C19H22FNO5S2. The van der Waals surface area contributed by atoms with Gasteiger partial charge < -0.3 is 10.1 Å². The van der Waals surface area contributed by atoms with E-state index in [9.17, 15) is 22.4 Å². The van der Waals surface area contributed by atoms with Gasteiger partial charge in [-0.2, -0.15) is 0 Å². The molecule has 1 amide bonds. The first-order valence-electron chi connectivity index (χ1n) is 8.66. The number of carbonyl (C=O) groups is 2. The smallest absolute Gasteiger partial charge is 0.341 e. The number of hydrogen-bond donors (Lipinski definition) is 1. The summed E-state index contributed by atoms with van der Waals surface area (Å²) in [5, 5.41) is 3.02. The fourth-order valence-corrected chi connectivity index (χ4v) is 4.43. The Kier molecular flexibility index (Phi) is 7.31. The molecule has 0 saturated carbocycles. The van der Waals surface area contributed by atoms with Gasteiger partial charge in [0.2, 0.25) is 5.91 Å². The molecule has 1 aromatic carbocycles. The van der Waals surface area contributed by atoms with E-state index < -0.39 is 21.6 Å². The summed E-state index contributed by atoms with van der Waals surface area (Å²) >= 11 is 1.22. The van der Waals surface area contributed by atoms with Crippen molar-refractivity contribution in [3.63, 3.8) is 0 Å². The summed E-state index contributed by atoms with van der Waals surface area (Å²) in [4.78, 5) is 25.5. The minimum absolute atomic E-state index is 0.0121. The Morgan fingerprint density at radius 1 is 1.21 bits per heavy atom. The maximum atomic E-state index is 13.3. The molecule has 152 valence electrons. The van der Waals surface area contributed by atoms with Crippen LogP contribution in [-0.4, -0.2) is 38.9 Å². The molecule has 0 bridgehead atoms. The molecule has 2 rings (SSSR count). The first-order chi connectivity index (χ1) is 13.1. The number of thiophene rings is 1. The fourth-order valence-electron chi connectivity index (χ4n) is 2.68. The topological polar surface area (TPSA) is 89.5 Å². The van der Waals surface area contributed by atoms with Gasteiger partial charge in [0.15, 0.2) is 0 Å². The molecule has 28 heavy (non-hydrogen) atoms. The zero-order valence-corrected chi connectivity index (χ0v) is 17.5. The molecule has 6 nitrogen and oxygen atoms in total. The molecule has 0 spiro atoms. The molecule has 0 aliphatic heterocycles. The third-order valence-corrected chi connectivity index (χ3v) is 5.92. The van der Waals surface area contributed by atoms with E-state index >= 15 is 0 Å². The van der Waals surface area contributed by atoms with Crippen LogP contribution in [0, 0.1) is 12.7 Å². The van der Waals surface area contributed by atoms with Crippen molar-refractivity contribution in [1.29, 1.82) is 0 Å². The molecule has 1 heterocycles. The molecule has 0 aliphatic rings. The minimum atomic E-state index is -3.15. The number of ether oxygens (including phenoxy) is 1. The average Bonchev–Trinajstić information content (AvgIpc) is 2.90. The number of esters is 1. The second-order valence-electron chi connectivity index (χ2n) is 6.25. The first kappa shape index (κ1) is 22.0. The summed E-state index contributed by atoms with van der Waals surface area (Å²) in [7, 11) is -3.15. The van der Waals surface area contributed by atoms with Gasteiger partial charge >= 0.3 is 5.97 Å². The van der Waals surface area contributed by atoms with E-state index in [2.05, 4.69) is 5.32 Å². The Hall–Kier alpha value is -2.26. The number of sulfone groups is 1. The number of carbonyl (C=O) groups excluding carboxylic acids is 2. The second kappa shape index (κ2) is 9.29. The van der Waals surface area contributed by atoms with Crippen LogP contribution in [0.25, 0.3) is 11.1 Å². The van der Waals surface area contributed by atoms with E-state index in [1.807, 2.05) is 0 Å². The highest BCUT2D eigenvalue weighted by molar-refractivity contribution is 7.90. The number of rotatable bonds is 8. The molecule has 0 saturated heterocycles. The zero-order chi connectivity index (χ0) is 20.9. The van der Waals surface area contributed by atoms with Gasteiger partial charge in [0.05, 0.1) is 12.4 Å². The molecule has 0 unspecified atom stereocenters. The highest BCUT2D eigenvalue weighted by atomic mass is 32.2. The van der Waals surface area contributed by atoms with Crippen LogP contribution in [0.2, 0.25) is 0 Å². The van der Waals surface area contributed by atoms with Crippen molar-refractivity contribution in [3.05, 3.63) is 40.5 Å². The minimum Gasteiger partial charge on any atom is -0.462 e. The first-order valence-corrected chi connectivity index (χ1v) is 11.5. The highest BCUT2D eigenvalue weighted by Crippen LogP contribution is 2.40. The lowest BCUT2D eigenvalue weighted by molar-refractivity contribution is -0.116. The molecule has 1 N–H and O–H groups in total. The molecular weight excluding hydrogens is 405 g/mol. The van der Waals surface area contributed by atoms with Crippen LogP contribution in [0.15, 0.2) is 24.3 Å². The summed E-state index contributed by atoms with van der Waals surface area (Å²) in [5.74, 6) is -1.46. The lowest BCUT2D eigenvalue weighted by atomic mass is 10.0. The number of anilines is 1. The van der Waals surface area contributed by atoms with Crippen LogP contribution in [-0.2, 0) is 19.4 Å². The molecule has 0 aliphatic carbocycles. The van der Waals surface area contributed by atoms with Gasteiger partial charge in [0.1, 0.15) is 26.2 Å². The zero-order valence-electron chi connectivity index (χ0n) is 15.9. The third kappa shape index (κ3) is 5.87. The average molecular weight is 428 g/mol. The summed E-state index contributed by atoms with van der Waals surface area (Å²) in [5.41, 5.74) is 1.43. The van der Waals surface area contributed by atoms with E-state index in [0.29, 0.717) is 16.1 Å². The van der Waals surface area contributed by atoms with Crippen LogP contribution in [0.4, 0.5) is 9.39 Å². The number of aryl methyl sites for hydroxylation is 1. The number of benzene rings is 1. The molecule has 0 fully saturated rings. The van der Waals surface area contributed by atoms with Gasteiger partial charge in [0.25, 0.3) is 0 Å². The maximum absolute atomic E-state index is 13.3. The van der Waals surface area contributed by atoms with Crippen molar-refractivity contribution in [2.45, 2.75) is 26.7 Å². The van der Waals surface area contributed by atoms with Crippen LogP contribution in [0.3, 0.4) is 0 Å². The van der Waals surface area contributed by atoms with E-state index in [0.717, 1.165) is 11.1 Å². The van der Waals surface area contributed by atoms with Crippen molar-refractivity contribution in [3.8, 4) is 11.1 Å². The van der Waals surface area contributed by atoms with E-state index in [1.165, 1.54) is 23.5 Å². The molecule has 0 radical (unpaired) electrons. The van der Waals surface area contributed by atoms with E-state index in [4.69, 9.17) is 4.74 Å². The number of nitrogens with one attached hydrogen (secondary N) is 1. The molecule has 1 aromatic heterocycles. The monoisotopic (exact) mass is 427 g/mol. The van der Waals surface area contributed by atoms with Crippen molar-refractivity contribution >= 4 is 38.1 Å². The van der Waals surface area contributed by atoms with Gasteiger partial charge in [0, 0.05) is 23.1 Å². The second-order valence-corrected chi connectivity index (χ2v) is 9.73. The number of amides is 1. The van der Waals surface area contributed by atoms with Gasteiger partial charge in [-0.05, 0) is 38.0 Å². The van der Waals surface area contributed by atoms with Crippen LogP contribution < -0.4 is 5.32 Å². The van der Waals surface area contributed by atoms with E-state index in [1.54, 1.807) is 26.0 Å². The Bertz CT molecular complexity index is 965. The fraction of sp³-hybridized carbons (Fsp3) is 0.368. The molecule has 9 heteroatoms. The quantitative estimate of drug-likeness (QED) is 0.647. The van der Waals surface area contributed by atoms with Crippen molar-refractivity contribution in [1.82, 2.24) is 0 Å². The Morgan fingerprint density at radius 2 is 1.86 bits per heavy atom. The predicted molar refractivity (Wildman–Crippen MR) is 108 cm³/mol. The molecule has 0 atom stereocenters. The van der Waals surface area contributed by atoms with Crippen molar-refractivity contribution < 1.29 is 27.1 Å². The third-order valence-electron chi connectivity index (χ3n) is 3.87. The van der Waals surface area contributed by atoms with Gasteiger partial charge in [-0.25, -0.2) is 17.6 Å². The summed E-state index contributed by atoms with van der Waals surface area (Å²) in [6, 6.07) is 5.71.